The van der Waals surface area contributed by atoms with Crippen LogP contribution in [0.25, 0.3) is 28.2 Å². The smallest absolute Gasteiger partial charge is 0.363 e. The average molecular weight is 507 g/mol. The zero-order valence-corrected chi connectivity index (χ0v) is 18.2. The number of aryl methyl sites for hydroxylation is 1. The molecule has 4 aromatic heterocycles. The molecule has 1 aliphatic rings. The Bertz CT molecular complexity index is 1600. The first kappa shape index (κ1) is 22.3. The van der Waals surface area contributed by atoms with Crippen molar-refractivity contribution in [3.05, 3.63) is 54.2 Å². The first-order chi connectivity index (χ1) is 17.0. The van der Waals surface area contributed by atoms with Gasteiger partial charge in [0.2, 0.25) is 5.82 Å². The maximum atomic E-state index is 14.7. The summed E-state index contributed by atoms with van der Waals surface area (Å²) in [6, 6.07) is 2.88. The van der Waals surface area contributed by atoms with Gasteiger partial charge in [0.1, 0.15) is 29.7 Å². The molecule has 0 saturated heterocycles. The summed E-state index contributed by atoms with van der Waals surface area (Å²) in [5.41, 5.74) is 1.23. The van der Waals surface area contributed by atoms with Gasteiger partial charge in [-0.25, -0.2) is 23.6 Å². The molecule has 36 heavy (non-hydrogen) atoms. The van der Waals surface area contributed by atoms with Crippen molar-refractivity contribution < 1.29 is 26.3 Å². The van der Waals surface area contributed by atoms with E-state index in [9.17, 15) is 26.3 Å². The molecule has 0 spiro atoms. The highest BCUT2D eigenvalue weighted by Gasteiger charge is 2.64. The molecule has 1 N–H and O–H groups in total. The number of nitrogens with zero attached hydrogens (tertiary/aromatic N) is 8. The Labute approximate surface area is 197 Å². The molecule has 0 saturated carbocycles. The van der Waals surface area contributed by atoms with Gasteiger partial charge in [0.25, 0.3) is 0 Å². The number of alkyl halides is 5. The van der Waals surface area contributed by atoms with Gasteiger partial charge in [0, 0.05) is 19.5 Å². The largest absolute Gasteiger partial charge is 0.455 e. The lowest BCUT2D eigenvalue weighted by Crippen LogP contribution is -2.47. The van der Waals surface area contributed by atoms with Crippen molar-refractivity contribution in [1.82, 2.24) is 39.1 Å². The molecule has 5 aromatic rings. The Hall–Kier alpha value is -4.17. The summed E-state index contributed by atoms with van der Waals surface area (Å²) in [7, 11) is 1.69. The van der Waals surface area contributed by atoms with Crippen molar-refractivity contribution in [2.75, 3.05) is 5.32 Å². The summed E-state index contributed by atoms with van der Waals surface area (Å²) in [6.07, 6.45) is -3.55. The van der Waals surface area contributed by atoms with E-state index in [1.165, 1.54) is 39.9 Å². The Kier molecular flexibility index (Phi) is 4.59. The normalized spacial score (nSPS) is 18.5. The Morgan fingerprint density at radius 1 is 1.03 bits per heavy atom. The Morgan fingerprint density at radius 3 is 2.50 bits per heavy atom. The Balaban J connectivity index is 1.46. The lowest BCUT2D eigenvalue weighted by Gasteiger charge is -2.37. The molecule has 15 heteroatoms. The van der Waals surface area contributed by atoms with Gasteiger partial charge in [-0.2, -0.15) is 32.1 Å². The fraction of sp³-hybridized carbons (Fsp3) is 0.286. The molecule has 0 bridgehead atoms. The van der Waals surface area contributed by atoms with Crippen LogP contribution in [-0.4, -0.2) is 51.2 Å². The zero-order chi connectivity index (χ0) is 25.4. The van der Waals surface area contributed by atoms with E-state index >= 15 is 0 Å². The van der Waals surface area contributed by atoms with E-state index < -0.39 is 36.4 Å². The summed E-state index contributed by atoms with van der Waals surface area (Å²) >= 11 is 0. The summed E-state index contributed by atoms with van der Waals surface area (Å²) in [6.45, 7) is 0. The van der Waals surface area contributed by atoms with Gasteiger partial charge in [-0.15, -0.1) is 5.10 Å². The molecule has 6 rings (SSSR count). The minimum atomic E-state index is -5.81. The first-order valence-electron chi connectivity index (χ1n) is 10.6. The van der Waals surface area contributed by atoms with E-state index in [1.54, 1.807) is 7.05 Å². The molecular weight excluding hydrogens is 492 g/mol. The third-order valence-electron chi connectivity index (χ3n) is 6.18. The van der Waals surface area contributed by atoms with E-state index in [4.69, 9.17) is 0 Å². The average Bonchev–Trinajstić information content (AvgIpc) is 3.54. The monoisotopic (exact) mass is 507 g/mol. The van der Waals surface area contributed by atoms with Crippen molar-refractivity contribution in [2.24, 2.45) is 7.05 Å². The van der Waals surface area contributed by atoms with Crippen molar-refractivity contribution in [3.8, 4) is 11.5 Å². The fourth-order valence-corrected chi connectivity index (χ4v) is 4.36. The number of aromatic nitrogens is 8. The van der Waals surface area contributed by atoms with Gasteiger partial charge in [0.15, 0.2) is 11.3 Å². The quantitative estimate of drug-likeness (QED) is 0.366. The number of hydrogen-bond acceptors (Lipinski definition) is 6. The number of hydrogen-bond donors (Lipinski definition) is 1. The molecule has 0 radical (unpaired) electrons. The number of benzene rings is 1. The molecule has 0 unspecified atom stereocenters. The molecule has 186 valence electrons. The molecule has 0 aliphatic carbocycles. The molecule has 5 heterocycles. The second kappa shape index (κ2) is 7.41. The van der Waals surface area contributed by atoms with Gasteiger partial charge < -0.3 is 5.32 Å². The van der Waals surface area contributed by atoms with Crippen LogP contribution in [-0.2, 0) is 7.05 Å². The van der Waals surface area contributed by atoms with Crippen molar-refractivity contribution in [2.45, 2.75) is 30.6 Å². The van der Waals surface area contributed by atoms with Crippen molar-refractivity contribution >= 4 is 22.5 Å². The first-order valence-corrected chi connectivity index (χ1v) is 10.6. The van der Waals surface area contributed by atoms with E-state index in [0.717, 1.165) is 12.1 Å². The van der Waals surface area contributed by atoms with Crippen LogP contribution < -0.4 is 5.32 Å². The summed E-state index contributed by atoms with van der Waals surface area (Å²) in [5.74, 6) is -5.73. The fourth-order valence-electron chi connectivity index (χ4n) is 4.36. The lowest BCUT2D eigenvalue weighted by atomic mass is 9.93. The lowest BCUT2D eigenvalue weighted by molar-refractivity contribution is -0.301. The van der Waals surface area contributed by atoms with Gasteiger partial charge in [-0.1, -0.05) is 12.1 Å². The van der Waals surface area contributed by atoms with E-state index in [1.807, 2.05) is 0 Å². The summed E-state index contributed by atoms with van der Waals surface area (Å²) in [5, 5.41) is 15.9. The molecule has 0 fully saturated rings. The van der Waals surface area contributed by atoms with Crippen molar-refractivity contribution in [1.29, 1.82) is 0 Å². The molecule has 9 nitrogen and oxygen atoms in total. The zero-order valence-electron chi connectivity index (χ0n) is 18.2. The van der Waals surface area contributed by atoms with Crippen LogP contribution in [0.4, 0.5) is 32.2 Å². The minimum Gasteiger partial charge on any atom is -0.363 e. The predicted molar refractivity (Wildman–Crippen MR) is 114 cm³/mol. The van der Waals surface area contributed by atoms with Crippen LogP contribution in [0, 0.1) is 5.82 Å². The highest BCUT2D eigenvalue weighted by molar-refractivity contribution is 5.88. The van der Waals surface area contributed by atoms with E-state index in [-0.39, 0.29) is 17.3 Å². The highest BCUT2D eigenvalue weighted by atomic mass is 19.4. The van der Waals surface area contributed by atoms with Crippen LogP contribution in [0.2, 0.25) is 0 Å². The van der Waals surface area contributed by atoms with Crippen LogP contribution in [0.1, 0.15) is 24.1 Å². The number of halogens is 6. The van der Waals surface area contributed by atoms with E-state index in [2.05, 4.69) is 30.6 Å². The molecular formula is C21H15F6N9. The summed E-state index contributed by atoms with van der Waals surface area (Å²) < 4.78 is 86.4. The topological polar surface area (TPSA) is 90.8 Å². The van der Waals surface area contributed by atoms with Crippen LogP contribution in [0.5, 0.6) is 0 Å². The molecule has 0 amide bonds. The molecule has 2 atom stereocenters. The second-order valence-corrected chi connectivity index (χ2v) is 8.43. The highest BCUT2D eigenvalue weighted by Crippen LogP contribution is 2.50. The number of nitrogens with one attached hydrogen (secondary N) is 1. The predicted octanol–water partition coefficient (Wildman–Crippen LogP) is 4.31. The van der Waals surface area contributed by atoms with Crippen LogP contribution in [0.15, 0.2) is 42.9 Å². The van der Waals surface area contributed by atoms with Crippen molar-refractivity contribution in [3.63, 3.8) is 0 Å². The number of anilines is 1. The maximum absolute atomic E-state index is 14.7. The minimum absolute atomic E-state index is 0.00394. The SMILES string of the molecule is Cn1ncc2c1ncn1nc(-c3cc4n(n3)[C@@H](C(F)(F)C(F)(F)F)C[C@H](c3ccc(F)cc3)N4)nc21. The summed E-state index contributed by atoms with van der Waals surface area (Å²) in [4.78, 5) is 8.63. The van der Waals surface area contributed by atoms with E-state index in [0.29, 0.717) is 26.9 Å². The van der Waals surface area contributed by atoms with Gasteiger partial charge >= 0.3 is 12.1 Å². The standard InChI is InChI=1S/C21H15F6N9/c1-34-18-12(8-29-34)19-31-17(33-35(19)9-28-18)14-7-16-30-13(10-2-4-11(22)5-3-10)6-15(36(16)32-14)20(23,24)21(25,26)27/h2-5,7-9,13,15,30H,6H2,1H3/t13-,15-/m1/s1. The van der Waals surface area contributed by atoms with Gasteiger partial charge in [-0.3, -0.25) is 4.68 Å². The third-order valence-corrected chi connectivity index (χ3v) is 6.18. The maximum Gasteiger partial charge on any atom is 0.455 e. The second-order valence-electron chi connectivity index (χ2n) is 8.43. The molecule has 1 aromatic carbocycles. The number of rotatable bonds is 3. The van der Waals surface area contributed by atoms with Gasteiger partial charge in [-0.05, 0) is 17.7 Å². The van der Waals surface area contributed by atoms with Gasteiger partial charge in [0.05, 0.1) is 17.6 Å². The molecule has 1 aliphatic heterocycles. The Morgan fingerprint density at radius 2 is 1.78 bits per heavy atom. The van der Waals surface area contributed by atoms with Crippen LogP contribution in [0.3, 0.4) is 0 Å². The number of fused-ring (bicyclic) bond motifs is 4. The third kappa shape index (κ3) is 3.29. The van der Waals surface area contributed by atoms with Crippen LogP contribution >= 0.6 is 0 Å².